The number of aryl methyl sites for hydroxylation is 2. The molecule has 6 nitrogen and oxygen atoms in total. The predicted molar refractivity (Wildman–Crippen MR) is 102 cm³/mol. The molecule has 0 fully saturated rings. The van der Waals surface area contributed by atoms with Gasteiger partial charge in [-0.05, 0) is 40.1 Å². The quantitative estimate of drug-likeness (QED) is 0.740. The second kappa shape index (κ2) is 6.70. The van der Waals surface area contributed by atoms with Gasteiger partial charge in [0, 0.05) is 11.9 Å². The molecular formula is C17H20N4O2S2. The average Bonchev–Trinajstić information content (AvgIpc) is 2.86. The van der Waals surface area contributed by atoms with E-state index in [0.717, 1.165) is 16.1 Å². The molecule has 25 heavy (non-hydrogen) atoms. The van der Waals surface area contributed by atoms with E-state index >= 15 is 0 Å². The van der Waals surface area contributed by atoms with Gasteiger partial charge in [-0.1, -0.05) is 18.2 Å². The van der Waals surface area contributed by atoms with E-state index in [2.05, 4.69) is 14.7 Å². The monoisotopic (exact) mass is 376 g/mol. The van der Waals surface area contributed by atoms with Gasteiger partial charge in [-0.15, -0.1) is 11.3 Å². The summed E-state index contributed by atoms with van der Waals surface area (Å²) in [5.74, 6) is 0. The van der Waals surface area contributed by atoms with Crippen LogP contribution in [-0.2, 0) is 16.6 Å². The number of fused-ring (bicyclic) bond motifs is 1. The third-order valence-corrected chi connectivity index (χ3v) is 6.65. The molecule has 2 heterocycles. The van der Waals surface area contributed by atoms with Crippen molar-refractivity contribution in [1.82, 2.24) is 14.9 Å². The highest BCUT2D eigenvalue weighted by molar-refractivity contribution is 7.94. The summed E-state index contributed by atoms with van der Waals surface area (Å²) in [7, 11) is 0.240. The standard InChI is InChI=1S/C17H20N4O2S2/c1-11-17(24-12(2)18-11)25(22,23)20-15-7-5-6-13-8-9-14(10-21(3)4)19-16(13)15/h5-9,20H,10H2,1-4H3. The SMILES string of the molecule is Cc1nc(C)c(S(=O)(=O)Nc2cccc3ccc(CN(C)C)nc23)s1. The summed E-state index contributed by atoms with van der Waals surface area (Å²) in [6.07, 6.45) is 0. The Morgan fingerprint density at radius 3 is 2.52 bits per heavy atom. The first-order valence-electron chi connectivity index (χ1n) is 7.76. The zero-order chi connectivity index (χ0) is 18.2. The van der Waals surface area contributed by atoms with Gasteiger partial charge >= 0.3 is 0 Å². The van der Waals surface area contributed by atoms with Crippen LogP contribution in [0.25, 0.3) is 10.9 Å². The molecule has 0 spiro atoms. The Balaban J connectivity index is 2.04. The van der Waals surface area contributed by atoms with Gasteiger partial charge in [0.1, 0.15) is 0 Å². The molecule has 0 atom stereocenters. The van der Waals surface area contributed by atoms with Crippen LogP contribution in [0, 0.1) is 13.8 Å². The van der Waals surface area contributed by atoms with Crippen molar-refractivity contribution in [3.8, 4) is 0 Å². The molecule has 0 saturated heterocycles. The lowest BCUT2D eigenvalue weighted by molar-refractivity contribution is 0.397. The number of sulfonamides is 1. The van der Waals surface area contributed by atoms with Gasteiger partial charge in [0.05, 0.1) is 27.6 Å². The number of benzene rings is 1. The third kappa shape index (κ3) is 3.81. The second-order valence-electron chi connectivity index (χ2n) is 6.13. The minimum absolute atomic E-state index is 0.242. The molecule has 3 rings (SSSR count). The summed E-state index contributed by atoms with van der Waals surface area (Å²) in [5.41, 5.74) is 2.51. The number of thiazole rings is 1. The number of nitrogens with one attached hydrogen (secondary N) is 1. The highest BCUT2D eigenvalue weighted by Crippen LogP contribution is 2.28. The Morgan fingerprint density at radius 1 is 1.12 bits per heavy atom. The third-order valence-electron chi connectivity index (χ3n) is 3.61. The van der Waals surface area contributed by atoms with Gasteiger partial charge in [-0.25, -0.2) is 18.4 Å². The van der Waals surface area contributed by atoms with Crippen LogP contribution >= 0.6 is 11.3 Å². The number of anilines is 1. The van der Waals surface area contributed by atoms with Crippen LogP contribution in [0.4, 0.5) is 5.69 Å². The number of rotatable bonds is 5. The van der Waals surface area contributed by atoms with Gasteiger partial charge in [0.2, 0.25) is 0 Å². The molecule has 0 radical (unpaired) electrons. The molecule has 0 amide bonds. The fourth-order valence-electron chi connectivity index (χ4n) is 2.63. The average molecular weight is 377 g/mol. The van der Waals surface area contributed by atoms with Crippen LogP contribution < -0.4 is 4.72 Å². The molecule has 0 aliphatic carbocycles. The number of hydrogen-bond donors (Lipinski definition) is 1. The lowest BCUT2D eigenvalue weighted by Gasteiger charge is -2.12. The Hall–Kier alpha value is -2.03. The van der Waals surface area contributed by atoms with Crippen molar-refractivity contribution < 1.29 is 8.42 Å². The van der Waals surface area contributed by atoms with Crippen LogP contribution in [0.2, 0.25) is 0 Å². The van der Waals surface area contributed by atoms with Crippen molar-refractivity contribution >= 4 is 38.0 Å². The summed E-state index contributed by atoms with van der Waals surface area (Å²) < 4.78 is 28.5. The highest BCUT2D eigenvalue weighted by Gasteiger charge is 2.22. The van der Waals surface area contributed by atoms with Crippen molar-refractivity contribution in [1.29, 1.82) is 0 Å². The summed E-state index contributed by atoms with van der Waals surface area (Å²) >= 11 is 1.17. The molecule has 1 N–H and O–H groups in total. The fourth-order valence-corrected chi connectivity index (χ4v) is 5.19. The van der Waals surface area contributed by atoms with Gasteiger partial charge in [0.25, 0.3) is 10.0 Å². The lowest BCUT2D eigenvalue weighted by Crippen LogP contribution is -2.14. The molecule has 0 aliphatic rings. The number of para-hydroxylation sites is 1. The predicted octanol–water partition coefficient (Wildman–Crippen LogP) is 3.17. The first-order chi connectivity index (χ1) is 11.8. The maximum absolute atomic E-state index is 12.8. The first-order valence-corrected chi connectivity index (χ1v) is 10.1. The Morgan fingerprint density at radius 2 is 1.88 bits per heavy atom. The largest absolute Gasteiger partial charge is 0.304 e. The van der Waals surface area contributed by atoms with E-state index in [9.17, 15) is 8.42 Å². The van der Waals surface area contributed by atoms with Crippen LogP contribution in [0.15, 0.2) is 34.5 Å². The fraction of sp³-hybridized carbons (Fsp3) is 0.294. The molecule has 132 valence electrons. The van der Waals surface area contributed by atoms with Crippen molar-refractivity contribution in [2.24, 2.45) is 0 Å². The van der Waals surface area contributed by atoms with Crippen molar-refractivity contribution in [3.63, 3.8) is 0 Å². The van der Waals surface area contributed by atoms with E-state index in [-0.39, 0.29) is 4.21 Å². The summed E-state index contributed by atoms with van der Waals surface area (Å²) in [5, 5.41) is 1.61. The summed E-state index contributed by atoms with van der Waals surface area (Å²) in [4.78, 5) is 10.9. The molecule has 0 unspecified atom stereocenters. The summed E-state index contributed by atoms with van der Waals surface area (Å²) in [6, 6.07) is 9.38. The Labute approximate surface area is 151 Å². The topological polar surface area (TPSA) is 75.2 Å². The lowest BCUT2D eigenvalue weighted by atomic mass is 10.2. The van der Waals surface area contributed by atoms with E-state index in [0.29, 0.717) is 23.4 Å². The van der Waals surface area contributed by atoms with E-state index in [1.807, 2.05) is 43.3 Å². The smallest absolute Gasteiger partial charge is 0.273 e. The van der Waals surface area contributed by atoms with Crippen LogP contribution in [0.1, 0.15) is 16.4 Å². The van der Waals surface area contributed by atoms with Gasteiger partial charge in [-0.2, -0.15) is 0 Å². The molecule has 2 aromatic heterocycles. The van der Waals surface area contributed by atoms with Gasteiger partial charge < -0.3 is 4.90 Å². The zero-order valence-electron chi connectivity index (χ0n) is 14.6. The second-order valence-corrected chi connectivity index (χ2v) is 9.21. The van der Waals surface area contributed by atoms with Crippen LogP contribution in [0.3, 0.4) is 0 Å². The minimum atomic E-state index is -3.69. The number of pyridine rings is 1. The number of hydrogen-bond acceptors (Lipinski definition) is 6. The molecule has 0 aliphatic heterocycles. The molecular weight excluding hydrogens is 356 g/mol. The molecule has 0 saturated carbocycles. The van der Waals surface area contributed by atoms with Crippen LogP contribution in [0.5, 0.6) is 0 Å². The normalized spacial score (nSPS) is 12.0. The van der Waals surface area contributed by atoms with E-state index in [1.54, 1.807) is 19.9 Å². The van der Waals surface area contributed by atoms with Gasteiger partial charge in [-0.3, -0.25) is 4.72 Å². The van der Waals surface area contributed by atoms with Gasteiger partial charge in [0.15, 0.2) is 4.21 Å². The number of nitrogens with zero attached hydrogens (tertiary/aromatic N) is 3. The summed E-state index contributed by atoms with van der Waals surface area (Å²) in [6.45, 7) is 4.18. The Bertz CT molecular complexity index is 1030. The molecule has 8 heteroatoms. The Kier molecular flexibility index (Phi) is 4.77. The molecule has 0 bridgehead atoms. The van der Waals surface area contributed by atoms with E-state index in [1.165, 1.54) is 11.3 Å². The maximum Gasteiger partial charge on any atom is 0.273 e. The van der Waals surface area contributed by atoms with Crippen molar-refractivity contribution in [3.05, 3.63) is 46.7 Å². The maximum atomic E-state index is 12.8. The zero-order valence-corrected chi connectivity index (χ0v) is 16.2. The van der Waals surface area contributed by atoms with E-state index < -0.39 is 10.0 Å². The highest BCUT2D eigenvalue weighted by atomic mass is 32.2. The van der Waals surface area contributed by atoms with E-state index in [4.69, 9.17) is 0 Å². The minimum Gasteiger partial charge on any atom is -0.304 e. The number of aromatic nitrogens is 2. The molecule has 3 aromatic rings. The first kappa shape index (κ1) is 17.8. The van der Waals surface area contributed by atoms with Crippen LogP contribution in [-0.4, -0.2) is 37.4 Å². The van der Waals surface area contributed by atoms with Crippen molar-refractivity contribution in [2.45, 2.75) is 24.6 Å². The van der Waals surface area contributed by atoms with Crippen molar-refractivity contribution in [2.75, 3.05) is 18.8 Å². The molecule has 1 aromatic carbocycles.